The Bertz CT molecular complexity index is 645. The van der Waals surface area contributed by atoms with Gasteiger partial charge in [0.25, 0.3) is 5.56 Å². The highest BCUT2D eigenvalue weighted by Gasteiger charge is 2.19. The molecule has 0 saturated heterocycles. The third-order valence-corrected chi connectivity index (χ3v) is 2.76. The minimum absolute atomic E-state index is 0.0113. The first-order valence-corrected chi connectivity index (χ1v) is 5.82. The molecule has 0 fully saturated rings. The average Bonchev–Trinajstić information content (AvgIpc) is 2.79. The summed E-state index contributed by atoms with van der Waals surface area (Å²) in [5.74, 6) is -0.522. The Hall–Kier alpha value is -2.22. The van der Waals surface area contributed by atoms with Crippen LogP contribution in [0.5, 0.6) is 0 Å². The van der Waals surface area contributed by atoms with Gasteiger partial charge in [-0.25, -0.2) is 9.67 Å². The van der Waals surface area contributed by atoms with E-state index in [1.165, 1.54) is 17.2 Å². The van der Waals surface area contributed by atoms with Crippen LogP contribution in [0, 0.1) is 5.92 Å². The molecule has 1 atom stereocenters. The Morgan fingerprint density at radius 1 is 1.58 bits per heavy atom. The summed E-state index contributed by atoms with van der Waals surface area (Å²) < 4.78 is 6.37. The topological polar surface area (TPSA) is 116 Å². The van der Waals surface area contributed by atoms with Crippen LogP contribution in [0.2, 0.25) is 0 Å². The van der Waals surface area contributed by atoms with Crippen LogP contribution in [0.25, 0.3) is 11.0 Å². The predicted octanol–water partition coefficient (Wildman–Crippen LogP) is -0.396. The number of aromatic amines is 1. The zero-order chi connectivity index (χ0) is 14.0. The third kappa shape index (κ3) is 2.63. The first kappa shape index (κ1) is 13.2. The van der Waals surface area contributed by atoms with Gasteiger partial charge in [0.1, 0.15) is 11.4 Å². The number of aromatic nitrogens is 4. The lowest BCUT2D eigenvalue weighted by atomic mass is 10.1. The smallest absolute Gasteiger partial charge is 0.324 e. The molecule has 0 aliphatic rings. The molecule has 0 radical (unpaired) electrons. The van der Waals surface area contributed by atoms with Gasteiger partial charge in [-0.15, -0.1) is 0 Å². The van der Waals surface area contributed by atoms with E-state index in [-0.39, 0.29) is 18.2 Å². The van der Waals surface area contributed by atoms with Gasteiger partial charge in [-0.1, -0.05) is 13.8 Å². The molecule has 2 aromatic heterocycles. The summed E-state index contributed by atoms with van der Waals surface area (Å²) in [6.07, 6.45) is 2.64. The lowest BCUT2D eigenvalue weighted by Crippen LogP contribution is -2.37. The van der Waals surface area contributed by atoms with E-state index in [4.69, 9.17) is 10.5 Å². The third-order valence-electron chi connectivity index (χ3n) is 2.76. The average molecular weight is 265 g/mol. The normalized spacial score (nSPS) is 12.8. The molecule has 0 aliphatic carbocycles. The van der Waals surface area contributed by atoms with Crippen LogP contribution in [0.4, 0.5) is 0 Å². The fourth-order valence-corrected chi connectivity index (χ4v) is 1.49. The van der Waals surface area contributed by atoms with Gasteiger partial charge in [0.05, 0.1) is 12.5 Å². The van der Waals surface area contributed by atoms with E-state index >= 15 is 0 Å². The maximum atomic E-state index is 11.6. The van der Waals surface area contributed by atoms with Crippen molar-refractivity contribution in [3.05, 3.63) is 22.9 Å². The number of nitrogens with two attached hydrogens (primary N) is 1. The number of carbonyl (C=O) groups is 1. The highest BCUT2D eigenvalue weighted by atomic mass is 16.5. The minimum atomic E-state index is -0.682. The van der Waals surface area contributed by atoms with Gasteiger partial charge in [-0.3, -0.25) is 9.59 Å². The number of hydrogen-bond donors (Lipinski definition) is 2. The van der Waals surface area contributed by atoms with E-state index in [9.17, 15) is 9.59 Å². The zero-order valence-corrected chi connectivity index (χ0v) is 10.7. The van der Waals surface area contributed by atoms with Gasteiger partial charge in [0.15, 0.2) is 12.4 Å². The number of nitrogens with zero attached hydrogens (tertiary/aromatic N) is 3. The van der Waals surface area contributed by atoms with Crippen LogP contribution in [0.1, 0.15) is 13.8 Å². The molecule has 2 rings (SSSR count). The van der Waals surface area contributed by atoms with Crippen LogP contribution >= 0.6 is 0 Å². The Labute approximate surface area is 108 Å². The molecule has 2 aromatic rings. The van der Waals surface area contributed by atoms with Crippen LogP contribution in [0.3, 0.4) is 0 Å². The van der Waals surface area contributed by atoms with Crippen molar-refractivity contribution in [2.24, 2.45) is 11.7 Å². The van der Waals surface area contributed by atoms with E-state index in [2.05, 4.69) is 15.1 Å². The summed E-state index contributed by atoms with van der Waals surface area (Å²) in [4.78, 5) is 29.5. The van der Waals surface area contributed by atoms with Crippen molar-refractivity contribution in [1.29, 1.82) is 0 Å². The van der Waals surface area contributed by atoms with Gasteiger partial charge >= 0.3 is 5.97 Å². The van der Waals surface area contributed by atoms with Crippen molar-refractivity contribution < 1.29 is 9.53 Å². The maximum absolute atomic E-state index is 11.6. The summed E-state index contributed by atoms with van der Waals surface area (Å²) in [5, 5.41) is 4.29. The molecule has 8 nitrogen and oxygen atoms in total. The van der Waals surface area contributed by atoms with Crippen molar-refractivity contribution in [2.45, 2.75) is 26.6 Å². The molecule has 0 aromatic carbocycles. The molecule has 0 unspecified atom stereocenters. The van der Waals surface area contributed by atoms with E-state index in [1.54, 1.807) is 0 Å². The van der Waals surface area contributed by atoms with Crippen molar-refractivity contribution in [2.75, 3.05) is 0 Å². The van der Waals surface area contributed by atoms with E-state index in [0.29, 0.717) is 11.0 Å². The van der Waals surface area contributed by atoms with Crippen molar-refractivity contribution in [1.82, 2.24) is 19.7 Å². The van der Waals surface area contributed by atoms with E-state index in [0.717, 1.165) is 0 Å². The largest absolute Gasteiger partial charge is 0.441 e. The van der Waals surface area contributed by atoms with Gasteiger partial charge in [-0.2, -0.15) is 5.10 Å². The Kier molecular flexibility index (Phi) is 3.61. The number of hydrogen-bond acceptors (Lipinski definition) is 6. The highest BCUT2D eigenvalue weighted by Crippen LogP contribution is 2.06. The lowest BCUT2D eigenvalue weighted by molar-refractivity contribution is -0.150. The number of ether oxygens (including phenoxy) is 1. The molecule has 0 amide bonds. The second-order valence-corrected chi connectivity index (χ2v) is 4.48. The van der Waals surface area contributed by atoms with Crippen LogP contribution in [-0.2, 0) is 16.3 Å². The first-order chi connectivity index (χ1) is 9.00. The fraction of sp³-hybridized carbons (Fsp3) is 0.455. The summed E-state index contributed by atoms with van der Waals surface area (Å²) >= 11 is 0. The number of carbonyl (C=O) groups excluding carboxylic acids is 1. The first-order valence-electron chi connectivity index (χ1n) is 5.82. The zero-order valence-electron chi connectivity index (χ0n) is 10.7. The van der Waals surface area contributed by atoms with Crippen molar-refractivity contribution >= 4 is 17.0 Å². The van der Waals surface area contributed by atoms with Crippen molar-refractivity contribution in [3.8, 4) is 0 Å². The van der Waals surface area contributed by atoms with Crippen LogP contribution < -0.4 is 11.3 Å². The van der Waals surface area contributed by atoms with Gasteiger partial charge in [-0.05, 0) is 5.92 Å². The molecule has 19 heavy (non-hydrogen) atoms. The predicted molar refractivity (Wildman–Crippen MR) is 67.1 cm³/mol. The summed E-state index contributed by atoms with van der Waals surface area (Å²) in [6.45, 7) is 3.53. The fourth-order valence-electron chi connectivity index (χ4n) is 1.49. The monoisotopic (exact) mass is 265 g/mol. The maximum Gasteiger partial charge on any atom is 0.324 e. The van der Waals surface area contributed by atoms with E-state index in [1.807, 2.05) is 13.8 Å². The Morgan fingerprint density at radius 2 is 2.32 bits per heavy atom. The van der Waals surface area contributed by atoms with Gasteiger partial charge < -0.3 is 15.5 Å². The number of rotatable bonds is 4. The molecular formula is C11H15N5O3. The standard InChI is InChI=1S/C11H15N5O3/c1-6(2)8(12)11(18)19-5-16-9-7(3-15-16)10(17)14-4-13-9/h3-4,6,8H,5,12H2,1-2H3,(H,13,14,17)/t8-/m0/s1. The molecular weight excluding hydrogens is 250 g/mol. The Balaban J connectivity index is 2.13. The number of nitrogens with one attached hydrogen (secondary N) is 1. The molecule has 8 heteroatoms. The number of fused-ring (bicyclic) bond motifs is 1. The van der Waals surface area contributed by atoms with Crippen molar-refractivity contribution in [3.63, 3.8) is 0 Å². The number of esters is 1. The highest BCUT2D eigenvalue weighted by molar-refractivity contribution is 5.76. The molecule has 3 N–H and O–H groups in total. The molecule has 0 aliphatic heterocycles. The summed E-state index contributed by atoms with van der Waals surface area (Å²) in [5.41, 5.74) is 5.73. The van der Waals surface area contributed by atoms with Crippen LogP contribution in [0.15, 0.2) is 17.3 Å². The van der Waals surface area contributed by atoms with Gasteiger partial charge in [0.2, 0.25) is 0 Å². The molecule has 0 spiro atoms. The number of H-pyrrole nitrogens is 1. The molecule has 2 heterocycles. The minimum Gasteiger partial charge on any atom is -0.441 e. The van der Waals surface area contributed by atoms with Gasteiger partial charge in [0, 0.05) is 0 Å². The SMILES string of the molecule is CC(C)[C@H](N)C(=O)OCn1ncc2c(=O)[nH]cnc21. The molecule has 102 valence electrons. The second-order valence-electron chi connectivity index (χ2n) is 4.48. The molecule has 0 saturated carbocycles. The van der Waals surface area contributed by atoms with E-state index < -0.39 is 12.0 Å². The second kappa shape index (κ2) is 5.19. The summed E-state index contributed by atoms with van der Waals surface area (Å²) in [6, 6.07) is -0.682. The molecule has 0 bridgehead atoms. The Morgan fingerprint density at radius 3 is 3.00 bits per heavy atom. The lowest BCUT2D eigenvalue weighted by Gasteiger charge is -2.14. The van der Waals surface area contributed by atoms with Crippen LogP contribution in [-0.4, -0.2) is 31.8 Å². The summed E-state index contributed by atoms with van der Waals surface area (Å²) in [7, 11) is 0. The quantitative estimate of drug-likeness (QED) is 0.727.